The summed E-state index contributed by atoms with van der Waals surface area (Å²) < 4.78 is 40.9. The van der Waals surface area contributed by atoms with Gasteiger partial charge < -0.3 is 5.11 Å². The van der Waals surface area contributed by atoms with Gasteiger partial charge in [-0.1, -0.05) is 6.07 Å². The molecule has 0 atom stereocenters. The first-order valence-electron chi connectivity index (χ1n) is 7.32. The second-order valence-electron chi connectivity index (χ2n) is 5.73. The van der Waals surface area contributed by atoms with E-state index < -0.39 is 27.4 Å². The smallest absolute Gasteiger partial charge is 0.339 e. The molecule has 0 unspecified atom stereocenters. The molecule has 3 rings (SSSR count). The van der Waals surface area contributed by atoms with Crippen molar-refractivity contribution in [1.82, 2.24) is 4.31 Å². The molecule has 0 amide bonds. The Labute approximate surface area is 143 Å². The molecule has 1 aliphatic rings. The van der Waals surface area contributed by atoms with Crippen LogP contribution in [0.5, 0.6) is 0 Å². The van der Waals surface area contributed by atoms with E-state index >= 15 is 0 Å². The topological polar surface area (TPSA) is 74.7 Å². The highest BCUT2D eigenvalue weighted by atomic mass is 32.2. The number of carbonyl (C=O) groups is 1. The molecule has 24 heavy (non-hydrogen) atoms. The van der Waals surface area contributed by atoms with E-state index in [1.54, 1.807) is 13.0 Å². The zero-order valence-corrected chi connectivity index (χ0v) is 14.8. The van der Waals surface area contributed by atoms with Gasteiger partial charge in [-0.2, -0.15) is 4.31 Å². The van der Waals surface area contributed by atoms with Crippen molar-refractivity contribution in [2.75, 3.05) is 6.54 Å². The number of fused-ring (bicyclic) bond motifs is 1. The van der Waals surface area contributed by atoms with Crippen LogP contribution in [-0.2, 0) is 23.0 Å². The van der Waals surface area contributed by atoms with E-state index in [1.165, 1.54) is 21.7 Å². The zero-order valence-electron chi connectivity index (χ0n) is 13.2. The van der Waals surface area contributed by atoms with Crippen LogP contribution in [0.4, 0.5) is 4.39 Å². The summed E-state index contributed by atoms with van der Waals surface area (Å²) >= 11 is 1.40. The molecule has 0 spiro atoms. The van der Waals surface area contributed by atoms with Crippen molar-refractivity contribution in [3.8, 4) is 0 Å². The number of rotatable bonds is 3. The number of benzene rings is 1. The molecule has 0 saturated carbocycles. The second kappa shape index (κ2) is 5.94. The van der Waals surface area contributed by atoms with Gasteiger partial charge in [0.25, 0.3) is 0 Å². The van der Waals surface area contributed by atoms with Crippen molar-refractivity contribution in [1.29, 1.82) is 0 Å². The van der Waals surface area contributed by atoms with Gasteiger partial charge in [-0.3, -0.25) is 0 Å². The minimum absolute atomic E-state index is 0.134. The number of sulfonamides is 1. The van der Waals surface area contributed by atoms with Crippen LogP contribution in [0.15, 0.2) is 23.1 Å². The fourth-order valence-electron chi connectivity index (χ4n) is 3.02. The monoisotopic (exact) mass is 369 g/mol. The van der Waals surface area contributed by atoms with Gasteiger partial charge in [0.2, 0.25) is 10.0 Å². The van der Waals surface area contributed by atoms with E-state index in [9.17, 15) is 22.7 Å². The van der Waals surface area contributed by atoms with Gasteiger partial charge in [-0.25, -0.2) is 17.6 Å². The Bertz CT molecular complexity index is 934. The fraction of sp³-hybridized carbons (Fsp3) is 0.312. The largest absolute Gasteiger partial charge is 0.478 e. The average molecular weight is 369 g/mol. The van der Waals surface area contributed by atoms with E-state index in [-0.39, 0.29) is 23.5 Å². The Morgan fingerprint density at radius 1 is 1.33 bits per heavy atom. The van der Waals surface area contributed by atoms with Crippen LogP contribution in [0.25, 0.3) is 0 Å². The van der Waals surface area contributed by atoms with Crippen molar-refractivity contribution in [2.45, 2.75) is 31.7 Å². The Morgan fingerprint density at radius 3 is 2.62 bits per heavy atom. The molecule has 0 aliphatic carbocycles. The molecule has 8 heteroatoms. The summed E-state index contributed by atoms with van der Waals surface area (Å²) in [6.45, 7) is 3.69. The van der Waals surface area contributed by atoms with Crippen molar-refractivity contribution in [2.24, 2.45) is 0 Å². The highest BCUT2D eigenvalue weighted by molar-refractivity contribution is 7.89. The van der Waals surface area contributed by atoms with Gasteiger partial charge in [0.15, 0.2) is 0 Å². The molecule has 128 valence electrons. The van der Waals surface area contributed by atoms with Gasteiger partial charge in [-0.05, 0) is 43.5 Å². The number of hydrogen-bond donors (Lipinski definition) is 1. The van der Waals surface area contributed by atoms with Crippen LogP contribution in [0.2, 0.25) is 0 Å². The number of halogens is 1. The molecule has 1 aromatic heterocycles. The molecular weight excluding hydrogens is 353 g/mol. The van der Waals surface area contributed by atoms with Crippen molar-refractivity contribution in [3.05, 3.63) is 50.5 Å². The zero-order chi connectivity index (χ0) is 17.6. The molecule has 2 aromatic rings. The standard InChI is InChI=1S/C16H16FNO4S2/c1-9-7-14(10(2)23-9)24(21,22)18-6-5-11-3-4-13(17)15(16(19)20)12(11)8-18/h3-4,7H,5-6,8H2,1-2H3,(H,19,20). The second-order valence-corrected chi connectivity index (χ2v) is 9.10. The lowest BCUT2D eigenvalue weighted by Gasteiger charge is -2.29. The number of aryl methyl sites for hydroxylation is 2. The quantitative estimate of drug-likeness (QED) is 0.903. The number of nitrogens with zero attached hydrogens (tertiary/aromatic N) is 1. The summed E-state index contributed by atoms with van der Waals surface area (Å²) in [6, 6.07) is 4.27. The third kappa shape index (κ3) is 2.74. The molecule has 0 fully saturated rings. The Morgan fingerprint density at radius 2 is 2.04 bits per heavy atom. The predicted octanol–water partition coefficient (Wildman–Crippen LogP) is 2.95. The first-order valence-corrected chi connectivity index (χ1v) is 9.58. The summed E-state index contributed by atoms with van der Waals surface area (Å²) in [4.78, 5) is 13.2. The lowest BCUT2D eigenvalue weighted by Crippen LogP contribution is -2.37. The Balaban J connectivity index is 2.05. The van der Waals surface area contributed by atoms with Gasteiger partial charge >= 0.3 is 5.97 Å². The van der Waals surface area contributed by atoms with Crippen LogP contribution >= 0.6 is 11.3 Å². The van der Waals surface area contributed by atoms with E-state index in [4.69, 9.17) is 0 Å². The maximum Gasteiger partial charge on any atom is 0.339 e. The molecule has 0 saturated heterocycles. The third-order valence-electron chi connectivity index (χ3n) is 4.15. The van der Waals surface area contributed by atoms with E-state index in [0.29, 0.717) is 16.9 Å². The minimum Gasteiger partial charge on any atom is -0.478 e. The normalized spacial score (nSPS) is 15.3. The average Bonchev–Trinajstić information content (AvgIpc) is 2.85. The molecule has 5 nitrogen and oxygen atoms in total. The summed E-state index contributed by atoms with van der Waals surface area (Å²) in [5.74, 6) is -2.23. The number of thiophene rings is 1. The lowest BCUT2D eigenvalue weighted by atomic mass is 9.95. The fourth-order valence-corrected chi connectivity index (χ4v) is 5.95. The Kier molecular flexibility index (Phi) is 4.23. The van der Waals surface area contributed by atoms with Crippen molar-refractivity contribution < 1.29 is 22.7 Å². The highest BCUT2D eigenvalue weighted by Crippen LogP contribution is 2.32. The van der Waals surface area contributed by atoms with Crippen LogP contribution in [0, 0.1) is 19.7 Å². The van der Waals surface area contributed by atoms with Crippen LogP contribution < -0.4 is 0 Å². The van der Waals surface area contributed by atoms with E-state index in [2.05, 4.69) is 0 Å². The maximum absolute atomic E-state index is 13.9. The van der Waals surface area contributed by atoms with Crippen LogP contribution in [0.1, 0.15) is 31.2 Å². The van der Waals surface area contributed by atoms with Crippen molar-refractivity contribution in [3.63, 3.8) is 0 Å². The van der Waals surface area contributed by atoms with Gasteiger partial charge in [0.05, 0.1) is 10.5 Å². The molecule has 1 aliphatic heterocycles. The number of hydrogen-bond acceptors (Lipinski definition) is 4. The summed E-state index contributed by atoms with van der Waals surface area (Å²) in [7, 11) is -3.74. The maximum atomic E-state index is 13.9. The molecule has 0 bridgehead atoms. The summed E-state index contributed by atoms with van der Waals surface area (Å²) in [5, 5.41) is 9.27. The van der Waals surface area contributed by atoms with Gasteiger partial charge in [0.1, 0.15) is 5.82 Å². The first-order chi connectivity index (χ1) is 11.2. The molecular formula is C16H16FNO4S2. The first kappa shape index (κ1) is 17.1. The number of carboxylic acids is 1. The third-order valence-corrected chi connectivity index (χ3v) is 7.22. The minimum atomic E-state index is -3.74. The molecule has 0 radical (unpaired) electrons. The highest BCUT2D eigenvalue weighted by Gasteiger charge is 2.33. The predicted molar refractivity (Wildman–Crippen MR) is 88.5 cm³/mol. The van der Waals surface area contributed by atoms with Gasteiger partial charge in [-0.15, -0.1) is 11.3 Å². The van der Waals surface area contributed by atoms with Crippen LogP contribution in [0.3, 0.4) is 0 Å². The molecule has 1 N–H and O–H groups in total. The van der Waals surface area contributed by atoms with E-state index in [1.807, 2.05) is 6.92 Å². The van der Waals surface area contributed by atoms with E-state index in [0.717, 1.165) is 10.9 Å². The summed E-state index contributed by atoms with van der Waals surface area (Å²) in [5.41, 5.74) is 0.478. The van der Waals surface area contributed by atoms with Crippen molar-refractivity contribution >= 4 is 27.3 Å². The SMILES string of the molecule is Cc1cc(S(=O)(=O)N2CCc3ccc(F)c(C(=O)O)c3C2)c(C)s1. The lowest BCUT2D eigenvalue weighted by molar-refractivity contribution is 0.0689. The summed E-state index contributed by atoms with van der Waals surface area (Å²) in [6.07, 6.45) is 0.358. The Hall–Kier alpha value is -1.77. The van der Waals surface area contributed by atoms with Gasteiger partial charge in [0, 0.05) is 22.8 Å². The number of aromatic carboxylic acids is 1. The molecule has 2 heterocycles. The number of carboxylic acid groups (broad SMARTS) is 1. The molecule has 1 aromatic carbocycles. The van der Waals surface area contributed by atoms with Crippen LogP contribution in [-0.4, -0.2) is 30.3 Å².